The lowest BCUT2D eigenvalue weighted by molar-refractivity contribution is 0.0600. The van der Waals surface area contributed by atoms with Gasteiger partial charge in [0.2, 0.25) is 0 Å². The molecule has 0 bridgehead atoms. The van der Waals surface area contributed by atoms with E-state index >= 15 is 0 Å². The number of rotatable bonds is 5. The second kappa shape index (κ2) is 7.26. The van der Waals surface area contributed by atoms with E-state index in [0.29, 0.717) is 22.4 Å². The molecule has 2 aromatic carbocycles. The molecule has 118 valence electrons. The third kappa shape index (κ3) is 3.97. The number of methoxy groups -OCH3 is 2. The van der Waals surface area contributed by atoms with Crippen molar-refractivity contribution in [3.63, 3.8) is 0 Å². The molecule has 1 N–H and O–H groups in total. The number of carbonyl (C=O) groups is 2. The van der Waals surface area contributed by atoms with Gasteiger partial charge in [-0.1, -0.05) is 0 Å². The lowest BCUT2D eigenvalue weighted by Crippen LogP contribution is -2.01. The number of phenolic OH excluding ortho intramolecular Hbond substituents is 1. The van der Waals surface area contributed by atoms with Crippen molar-refractivity contribution >= 4 is 17.8 Å². The molecule has 0 fully saturated rings. The van der Waals surface area contributed by atoms with E-state index in [0.717, 1.165) is 0 Å². The van der Waals surface area contributed by atoms with Crippen LogP contribution in [0.25, 0.3) is 6.08 Å². The van der Waals surface area contributed by atoms with Gasteiger partial charge in [0, 0.05) is 11.1 Å². The van der Waals surface area contributed by atoms with Crippen LogP contribution >= 0.6 is 0 Å². The summed E-state index contributed by atoms with van der Waals surface area (Å²) in [5, 5.41) is 9.81. The van der Waals surface area contributed by atoms with Crippen molar-refractivity contribution in [2.24, 2.45) is 0 Å². The summed E-state index contributed by atoms with van der Waals surface area (Å²) >= 11 is 0. The van der Waals surface area contributed by atoms with Gasteiger partial charge >= 0.3 is 5.97 Å². The number of benzene rings is 2. The average Bonchev–Trinajstić information content (AvgIpc) is 2.60. The molecule has 2 rings (SSSR count). The predicted molar refractivity (Wildman–Crippen MR) is 85.8 cm³/mol. The van der Waals surface area contributed by atoms with Gasteiger partial charge in [-0.25, -0.2) is 4.79 Å². The van der Waals surface area contributed by atoms with Crippen molar-refractivity contribution in [3.05, 3.63) is 65.2 Å². The average molecular weight is 312 g/mol. The van der Waals surface area contributed by atoms with Gasteiger partial charge in [0.25, 0.3) is 0 Å². The first-order valence-electron chi connectivity index (χ1n) is 6.83. The van der Waals surface area contributed by atoms with Crippen LogP contribution in [0.1, 0.15) is 26.3 Å². The minimum atomic E-state index is -0.513. The van der Waals surface area contributed by atoms with E-state index in [2.05, 4.69) is 4.74 Å². The van der Waals surface area contributed by atoms with Crippen LogP contribution in [0.3, 0.4) is 0 Å². The van der Waals surface area contributed by atoms with Crippen LogP contribution in [-0.2, 0) is 4.74 Å². The first-order chi connectivity index (χ1) is 11.0. The number of phenols is 1. The van der Waals surface area contributed by atoms with Crippen LogP contribution in [0.4, 0.5) is 0 Å². The zero-order valence-corrected chi connectivity index (χ0v) is 12.8. The third-order valence-corrected chi connectivity index (χ3v) is 3.24. The van der Waals surface area contributed by atoms with Crippen molar-refractivity contribution in [3.8, 4) is 11.5 Å². The van der Waals surface area contributed by atoms with E-state index in [1.165, 1.54) is 37.5 Å². The number of aromatic hydroxyl groups is 1. The number of hydrogen-bond acceptors (Lipinski definition) is 5. The maximum Gasteiger partial charge on any atom is 0.337 e. The van der Waals surface area contributed by atoms with Crippen LogP contribution in [0.15, 0.2) is 48.5 Å². The Morgan fingerprint density at radius 1 is 1.00 bits per heavy atom. The standard InChI is InChI=1S/C18H16O5/c1-22-15-7-3-12(4-8-15)16(19)9-5-13-11-14(18(21)23-2)6-10-17(13)20/h3-11,20H,1-2H3. The molecule has 0 atom stereocenters. The number of esters is 1. The summed E-state index contributed by atoms with van der Waals surface area (Å²) in [6.07, 6.45) is 2.78. The molecule has 0 heterocycles. The monoisotopic (exact) mass is 312 g/mol. The largest absolute Gasteiger partial charge is 0.507 e. The molecule has 0 saturated carbocycles. The van der Waals surface area contributed by atoms with E-state index in [9.17, 15) is 14.7 Å². The van der Waals surface area contributed by atoms with Crippen molar-refractivity contribution < 1.29 is 24.2 Å². The van der Waals surface area contributed by atoms with Gasteiger partial charge < -0.3 is 14.6 Å². The van der Waals surface area contributed by atoms with Gasteiger partial charge in [0.15, 0.2) is 5.78 Å². The van der Waals surface area contributed by atoms with Crippen molar-refractivity contribution in [1.29, 1.82) is 0 Å². The molecule has 5 heteroatoms. The van der Waals surface area contributed by atoms with Crippen LogP contribution in [0.2, 0.25) is 0 Å². The van der Waals surface area contributed by atoms with E-state index in [-0.39, 0.29) is 11.5 Å². The highest BCUT2D eigenvalue weighted by atomic mass is 16.5. The molecule has 0 aliphatic rings. The van der Waals surface area contributed by atoms with E-state index in [4.69, 9.17) is 4.74 Å². The highest BCUT2D eigenvalue weighted by molar-refractivity contribution is 6.07. The van der Waals surface area contributed by atoms with Gasteiger partial charge in [-0.2, -0.15) is 0 Å². The van der Waals surface area contributed by atoms with Crippen molar-refractivity contribution in [2.75, 3.05) is 14.2 Å². The molecule has 5 nitrogen and oxygen atoms in total. The molecule has 0 aliphatic heterocycles. The number of carbonyl (C=O) groups excluding carboxylic acids is 2. The predicted octanol–water partition coefficient (Wildman–Crippen LogP) is 3.08. The number of ketones is 1. The van der Waals surface area contributed by atoms with Gasteiger partial charge in [0.05, 0.1) is 19.8 Å². The molecule has 0 spiro atoms. The van der Waals surface area contributed by atoms with Crippen LogP contribution in [0.5, 0.6) is 11.5 Å². The van der Waals surface area contributed by atoms with Gasteiger partial charge in [-0.3, -0.25) is 4.79 Å². The second-order valence-electron chi connectivity index (χ2n) is 4.69. The lowest BCUT2D eigenvalue weighted by atomic mass is 10.1. The van der Waals surface area contributed by atoms with Crippen LogP contribution in [0, 0.1) is 0 Å². The number of allylic oxidation sites excluding steroid dienone is 1. The molecular formula is C18H16O5. The van der Waals surface area contributed by atoms with Crippen LogP contribution in [-0.4, -0.2) is 31.1 Å². The van der Waals surface area contributed by atoms with Gasteiger partial charge in [-0.15, -0.1) is 0 Å². The summed E-state index contributed by atoms with van der Waals surface area (Å²) in [6, 6.07) is 11.0. The number of hydrogen-bond donors (Lipinski definition) is 1. The minimum absolute atomic E-state index is 0.0311. The Morgan fingerprint density at radius 2 is 1.65 bits per heavy atom. The molecule has 2 aromatic rings. The Labute approximate surface area is 133 Å². The molecule has 0 aliphatic carbocycles. The van der Waals surface area contributed by atoms with Crippen LogP contribution < -0.4 is 4.74 Å². The Kier molecular flexibility index (Phi) is 5.15. The Balaban J connectivity index is 2.21. The molecular weight excluding hydrogens is 296 g/mol. The van der Waals surface area contributed by atoms with Gasteiger partial charge in [0.1, 0.15) is 11.5 Å². The quantitative estimate of drug-likeness (QED) is 0.522. The van der Waals surface area contributed by atoms with Gasteiger partial charge in [-0.05, 0) is 54.6 Å². The Bertz CT molecular complexity index is 745. The maximum absolute atomic E-state index is 12.1. The second-order valence-corrected chi connectivity index (χ2v) is 4.69. The molecule has 0 aromatic heterocycles. The SMILES string of the molecule is COC(=O)c1ccc(O)c(C=CC(=O)c2ccc(OC)cc2)c1. The maximum atomic E-state index is 12.1. The smallest absolute Gasteiger partial charge is 0.337 e. The fraction of sp³-hybridized carbons (Fsp3) is 0.111. The first-order valence-corrected chi connectivity index (χ1v) is 6.83. The fourth-order valence-corrected chi connectivity index (χ4v) is 1.95. The summed E-state index contributed by atoms with van der Waals surface area (Å²) in [6.45, 7) is 0. The van der Waals surface area contributed by atoms with E-state index in [1.54, 1.807) is 31.4 Å². The Hall–Kier alpha value is -3.08. The number of ether oxygens (including phenoxy) is 2. The summed E-state index contributed by atoms with van der Waals surface area (Å²) in [5.41, 5.74) is 1.14. The van der Waals surface area contributed by atoms with E-state index in [1.807, 2.05) is 0 Å². The zero-order chi connectivity index (χ0) is 16.8. The fourth-order valence-electron chi connectivity index (χ4n) is 1.95. The topological polar surface area (TPSA) is 72.8 Å². The highest BCUT2D eigenvalue weighted by Gasteiger charge is 2.08. The summed E-state index contributed by atoms with van der Waals surface area (Å²) in [7, 11) is 2.83. The Morgan fingerprint density at radius 3 is 2.26 bits per heavy atom. The van der Waals surface area contributed by atoms with E-state index < -0.39 is 5.97 Å². The summed E-state index contributed by atoms with van der Waals surface area (Å²) in [5.74, 6) is -0.109. The molecule has 0 amide bonds. The third-order valence-electron chi connectivity index (χ3n) is 3.24. The van der Waals surface area contributed by atoms with Crippen molar-refractivity contribution in [2.45, 2.75) is 0 Å². The normalized spacial score (nSPS) is 10.5. The van der Waals surface area contributed by atoms with Crippen molar-refractivity contribution in [1.82, 2.24) is 0 Å². The molecule has 0 unspecified atom stereocenters. The highest BCUT2D eigenvalue weighted by Crippen LogP contribution is 2.21. The molecule has 0 radical (unpaired) electrons. The summed E-state index contributed by atoms with van der Waals surface area (Å²) in [4.78, 5) is 23.6. The zero-order valence-electron chi connectivity index (χ0n) is 12.8. The first kappa shape index (κ1) is 16.3. The molecule has 0 saturated heterocycles. The molecule has 23 heavy (non-hydrogen) atoms. The lowest BCUT2D eigenvalue weighted by Gasteiger charge is -2.03. The minimum Gasteiger partial charge on any atom is -0.507 e. The summed E-state index contributed by atoms with van der Waals surface area (Å²) < 4.78 is 9.66.